The zero-order valence-corrected chi connectivity index (χ0v) is 20.8. The van der Waals surface area contributed by atoms with Gasteiger partial charge in [-0.3, -0.25) is 0 Å². The van der Waals surface area contributed by atoms with Gasteiger partial charge in [0.15, 0.2) is 0 Å². The van der Waals surface area contributed by atoms with E-state index in [0.717, 1.165) is 12.1 Å². The van der Waals surface area contributed by atoms with Crippen molar-refractivity contribution in [2.24, 2.45) is 11.5 Å². The molecular weight excluding hydrogens is 483 g/mol. The quantitative estimate of drug-likeness (QED) is 0.343. The Labute approximate surface area is 213 Å². The van der Waals surface area contributed by atoms with Crippen molar-refractivity contribution in [1.82, 2.24) is 4.90 Å². The van der Waals surface area contributed by atoms with Crippen LogP contribution in [0.4, 0.5) is 24.5 Å². The first-order valence-corrected chi connectivity index (χ1v) is 11.4. The van der Waals surface area contributed by atoms with E-state index in [9.17, 15) is 18.0 Å². The van der Waals surface area contributed by atoms with E-state index in [4.69, 9.17) is 16.2 Å². The molecule has 0 saturated carbocycles. The Morgan fingerprint density at radius 1 is 0.919 bits per heavy atom. The van der Waals surface area contributed by atoms with Crippen LogP contribution in [-0.2, 0) is 10.9 Å². The molecule has 0 heterocycles. The van der Waals surface area contributed by atoms with Crippen molar-refractivity contribution in [2.45, 2.75) is 6.18 Å². The van der Waals surface area contributed by atoms with Gasteiger partial charge < -0.3 is 31.7 Å². The summed E-state index contributed by atoms with van der Waals surface area (Å²) in [6.45, 7) is 1.12. The molecule has 0 unspecified atom stereocenters. The lowest BCUT2D eigenvalue weighted by atomic mass is 10.1. The van der Waals surface area contributed by atoms with Crippen LogP contribution in [0.1, 0.15) is 21.5 Å². The van der Waals surface area contributed by atoms with Crippen molar-refractivity contribution in [3.8, 4) is 0 Å². The standard InChI is InChI=1S/C27H30F3N5O2/c1-35(2)13-12-33-20-14-19(27(28,29)30)15-21(16-20)34-25(32)23-7-5-4-6-22(23)24(31)17-8-10-18(11-9-17)26(36)37-3/h4-11,14-16,33-34H,12-13,31-32H2,1-3H3/b24-22-,25-23+. The molecule has 0 saturated heterocycles. The fourth-order valence-corrected chi connectivity index (χ4v) is 3.62. The molecule has 0 atom stereocenters. The monoisotopic (exact) mass is 513 g/mol. The van der Waals surface area contributed by atoms with Gasteiger partial charge in [0.05, 0.1) is 18.2 Å². The first-order valence-electron chi connectivity index (χ1n) is 11.4. The van der Waals surface area contributed by atoms with Gasteiger partial charge in [0.25, 0.3) is 0 Å². The molecule has 0 aromatic heterocycles. The summed E-state index contributed by atoms with van der Waals surface area (Å²) in [6, 6.07) is 17.2. The summed E-state index contributed by atoms with van der Waals surface area (Å²) in [5.74, 6) is -0.341. The number of anilines is 2. The Balaban J connectivity index is 2.04. The van der Waals surface area contributed by atoms with Gasteiger partial charge in [0.2, 0.25) is 0 Å². The summed E-state index contributed by atoms with van der Waals surface area (Å²) >= 11 is 0. The van der Waals surface area contributed by atoms with Crippen molar-refractivity contribution in [3.05, 3.63) is 93.9 Å². The fraction of sp³-hybridized carbons (Fsp3) is 0.222. The van der Waals surface area contributed by atoms with Crippen LogP contribution < -0.4 is 32.5 Å². The van der Waals surface area contributed by atoms with Gasteiger partial charge in [0, 0.05) is 40.6 Å². The van der Waals surface area contributed by atoms with Gasteiger partial charge in [-0.15, -0.1) is 0 Å². The summed E-state index contributed by atoms with van der Waals surface area (Å²) in [5, 5.41) is 7.01. The first-order chi connectivity index (χ1) is 17.5. The van der Waals surface area contributed by atoms with Crippen molar-refractivity contribution < 1.29 is 22.7 Å². The summed E-state index contributed by atoms with van der Waals surface area (Å²) in [4.78, 5) is 13.6. The maximum absolute atomic E-state index is 13.6. The lowest BCUT2D eigenvalue weighted by Gasteiger charge is -2.16. The number of hydrogen-bond acceptors (Lipinski definition) is 7. The zero-order valence-electron chi connectivity index (χ0n) is 20.8. The molecule has 3 aromatic rings. The van der Waals surface area contributed by atoms with Crippen LogP contribution in [0.5, 0.6) is 0 Å². The van der Waals surface area contributed by atoms with E-state index in [2.05, 4.69) is 10.6 Å². The molecule has 0 amide bonds. The zero-order chi connectivity index (χ0) is 27.2. The fourth-order valence-electron chi connectivity index (χ4n) is 3.62. The number of alkyl halides is 3. The van der Waals surface area contributed by atoms with Crippen LogP contribution >= 0.6 is 0 Å². The molecule has 0 aliphatic rings. The maximum atomic E-state index is 13.6. The smallest absolute Gasteiger partial charge is 0.416 e. The third-order valence-electron chi connectivity index (χ3n) is 5.55. The van der Waals surface area contributed by atoms with E-state index in [0.29, 0.717) is 46.0 Å². The molecule has 0 fully saturated rings. The molecule has 0 radical (unpaired) electrons. The molecule has 0 bridgehead atoms. The van der Waals surface area contributed by atoms with E-state index in [1.807, 2.05) is 19.0 Å². The second-order valence-corrected chi connectivity index (χ2v) is 8.59. The lowest BCUT2D eigenvalue weighted by Crippen LogP contribution is -2.35. The van der Waals surface area contributed by atoms with Gasteiger partial charge >= 0.3 is 12.1 Å². The second kappa shape index (κ2) is 11.7. The minimum Gasteiger partial charge on any atom is -0.465 e. The van der Waals surface area contributed by atoms with Crippen molar-refractivity contribution in [3.63, 3.8) is 0 Å². The molecule has 6 N–H and O–H groups in total. The molecular formula is C27H30F3N5O2. The summed E-state index contributed by atoms with van der Waals surface area (Å²) in [5.41, 5.74) is 13.9. The van der Waals surface area contributed by atoms with Crippen molar-refractivity contribution >= 4 is 28.9 Å². The van der Waals surface area contributed by atoms with E-state index < -0.39 is 17.7 Å². The highest BCUT2D eigenvalue weighted by atomic mass is 19.4. The Bertz CT molecular complexity index is 1370. The Kier molecular flexibility index (Phi) is 8.67. The number of likely N-dealkylation sites (N-methyl/N-ethyl adjacent to an activating group) is 1. The van der Waals surface area contributed by atoms with Gasteiger partial charge in [-0.05, 0) is 50.0 Å². The number of nitrogens with two attached hydrogens (primary N) is 2. The molecule has 3 rings (SSSR count). The van der Waals surface area contributed by atoms with Crippen LogP contribution in [0.3, 0.4) is 0 Å². The molecule has 0 aliphatic carbocycles. The average Bonchev–Trinajstić information content (AvgIpc) is 2.87. The topological polar surface area (TPSA) is 106 Å². The van der Waals surface area contributed by atoms with E-state index in [-0.39, 0.29) is 11.5 Å². The van der Waals surface area contributed by atoms with Gasteiger partial charge in [-0.25, -0.2) is 4.79 Å². The van der Waals surface area contributed by atoms with Crippen molar-refractivity contribution in [2.75, 3.05) is 44.9 Å². The predicted octanol–water partition coefficient (Wildman–Crippen LogP) is 2.72. The van der Waals surface area contributed by atoms with Crippen LogP contribution in [-0.4, -0.2) is 45.2 Å². The second-order valence-electron chi connectivity index (χ2n) is 8.59. The largest absolute Gasteiger partial charge is 0.465 e. The highest BCUT2D eigenvalue weighted by Gasteiger charge is 2.31. The highest BCUT2D eigenvalue weighted by Crippen LogP contribution is 2.33. The Morgan fingerprint density at radius 3 is 2.11 bits per heavy atom. The number of rotatable bonds is 8. The maximum Gasteiger partial charge on any atom is 0.416 e. The van der Waals surface area contributed by atoms with Crippen LogP contribution in [0, 0.1) is 0 Å². The van der Waals surface area contributed by atoms with Gasteiger partial charge in [-0.2, -0.15) is 13.2 Å². The normalized spacial score (nSPS) is 13.2. The predicted molar refractivity (Wildman–Crippen MR) is 140 cm³/mol. The third-order valence-corrected chi connectivity index (χ3v) is 5.55. The first kappa shape index (κ1) is 27.4. The third kappa shape index (κ3) is 7.17. The summed E-state index contributed by atoms with van der Waals surface area (Å²) in [6.07, 6.45) is -4.53. The number of carbonyl (C=O) groups excluding carboxylic acids is 1. The highest BCUT2D eigenvalue weighted by molar-refractivity contribution is 5.89. The van der Waals surface area contributed by atoms with Crippen LogP contribution in [0.25, 0.3) is 11.5 Å². The van der Waals surface area contributed by atoms with Gasteiger partial charge in [0.1, 0.15) is 5.82 Å². The number of esters is 1. The lowest BCUT2D eigenvalue weighted by molar-refractivity contribution is -0.137. The van der Waals surface area contributed by atoms with Crippen LogP contribution in [0.15, 0.2) is 66.7 Å². The van der Waals surface area contributed by atoms with Crippen molar-refractivity contribution in [1.29, 1.82) is 0 Å². The van der Waals surface area contributed by atoms with E-state index >= 15 is 0 Å². The molecule has 10 heteroatoms. The number of nitrogens with one attached hydrogen (secondary N) is 2. The van der Waals surface area contributed by atoms with Gasteiger partial charge in [-0.1, -0.05) is 36.4 Å². The minimum absolute atomic E-state index is 0.128. The number of methoxy groups -OCH3 is 1. The minimum atomic E-state index is -4.53. The summed E-state index contributed by atoms with van der Waals surface area (Å²) in [7, 11) is 5.06. The Hall–Kier alpha value is -4.18. The molecule has 37 heavy (non-hydrogen) atoms. The number of ether oxygens (including phenoxy) is 1. The summed E-state index contributed by atoms with van der Waals surface area (Å²) < 4.78 is 45.4. The molecule has 7 nitrogen and oxygen atoms in total. The number of hydrogen-bond donors (Lipinski definition) is 4. The number of halogens is 3. The average molecular weight is 514 g/mol. The Morgan fingerprint density at radius 2 is 1.51 bits per heavy atom. The van der Waals surface area contributed by atoms with E-state index in [1.165, 1.54) is 7.11 Å². The number of nitrogens with zero attached hydrogens (tertiary/aromatic N) is 1. The van der Waals surface area contributed by atoms with Crippen LogP contribution in [0.2, 0.25) is 0 Å². The number of benzene rings is 3. The number of carbonyl (C=O) groups is 1. The molecule has 0 spiro atoms. The molecule has 196 valence electrons. The molecule has 0 aliphatic heterocycles. The van der Waals surface area contributed by atoms with E-state index in [1.54, 1.807) is 54.6 Å². The molecule has 3 aromatic carbocycles. The SMILES string of the molecule is COC(=O)c1ccc(/C(N)=c2\cccc\c2=C(\N)Nc2cc(NCCN(C)C)cc(C(F)(F)F)c2)cc1.